The Morgan fingerprint density at radius 3 is 2.33 bits per heavy atom. The van der Waals surface area contributed by atoms with Crippen LogP contribution in [0.3, 0.4) is 0 Å². The monoisotopic (exact) mass is 472 g/mol. The smallest absolute Gasteiger partial charge is 0.246 e. The Labute approximate surface area is 194 Å². The van der Waals surface area contributed by atoms with Crippen LogP contribution in [0, 0.1) is 6.92 Å². The van der Waals surface area contributed by atoms with Gasteiger partial charge in [0.1, 0.15) is 5.75 Å². The summed E-state index contributed by atoms with van der Waals surface area (Å²) in [6, 6.07) is 14.8. The quantitative estimate of drug-likeness (QED) is 0.447. The molecule has 0 spiro atoms. The van der Waals surface area contributed by atoms with E-state index in [1.54, 1.807) is 7.05 Å². The molecule has 176 valence electrons. The summed E-state index contributed by atoms with van der Waals surface area (Å²) in [7, 11) is -2.03. The predicted octanol–water partition coefficient (Wildman–Crippen LogP) is 2.86. The SMILES string of the molecule is CCOc1ccc(-c2noc(CN(C)C(=O)CN(Cc3ccc(C)cc3)S(C)(=O)=O)n2)cc1. The second-order valence-corrected chi connectivity index (χ2v) is 9.72. The van der Waals surface area contributed by atoms with Crippen LogP contribution in [0.4, 0.5) is 0 Å². The summed E-state index contributed by atoms with van der Waals surface area (Å²) in [4.78, 5) is 18.4. The molecular weight excluding hydrogens is 444 g/mol. The molecule has 0 unspecified atom stereocenters. The number of sulfonamides is 1. The fraction of sp³-hybridized carbons (Fsp3) is 0.348. The Morgan fingerprint density at radius 1 is 1.06 bits per heavy atom. The molecule has 0 fully saturated rings. The molecule has 3 rings (SSSR count). The molecule has 0 saturated carbocycles. The highest BCUT2D eigenvalue weighted by Crippen LogP contribution is 2.20. The van der Waals surface area contributed by atoms with E-state index in [-0.39, 0.29) is 31.4 Å². The first-order valence-corrected chi connectivity index (χ1v) is 12.3. The van der Waals surface area contributed by atoms with Gasteiger partial charge < -0.3 is 14.2 Å². The number of hydrogen-bond donors (Lipinski definition) is 0. The molecule has 0 bridgehead atoms. The van der Waals surface area contributed by atoms with Gasteiger partial charge in [-0.15, -0.1) is 0 Å². The van der Waals surface area contributed by atoms with Crippen LogP contribution in [-0.2, 0) is 27.9 Å². The molecule has 33 heavy (non-hydrogen) atoms. The molecule has 0 aliphatic heterocycles. The lowest BCUT2D eigenvalue weighted by Crippen LogP contribution is -2.40. The molecule has 0 aliphatic rings. The van der Waals surface area contributed by atoms with Crippen molar-refractivity contribution in [2.45, 2.75) is 26.9 Å². The molecule has 1 heterocycles. The van der Waals surface area contributed by atoms with Gasteiger partial charge in [-0.2, -0.15) is 9.29 Å². The van der Waals surface area contributed by atoms with Crippen LogP contribution >= 0.6 is 0 Å². The number of hydrogen-bond acceptors (Lipinski definition) is 7. The fourth-order valence-electron chi connectivity index (χ4n) is 3.05. The summed E-state index contributed by atoms with van der Waals surface area (Å²) < 4.78 is 36.4. The maximum atomic E-state index is 12.7. The Hall–Kier alpha value is -3.24. The van der Waals surface area contributed by atoms with Crippen molar-refractivity contribution in [3.63, 3.8) is 0 Å². The minimum atomic E-state index is -3.59. The van der Waals surface area contributed by atoms with E-state index in [0.717, 1.165) is 33.0 Å². The van der Waals surface area contributed by atoms with E-state index in [2.05, 4.69) is 10.1 Å². The van der Waals surface area contributed by atoms with E-state index in [0.29, 0.717) is 12.4 Å². The molecule has 0 N–H and O–H groups in total. The summed E-state index contributed by atoms with van der Waals surface area (Å²) in [5.41, 5.74) is 2.63. The van der Waals surface area contributed by atoms with E-state index >= 15 is 0 Å². The first-order valence-electron chi connectivity index (χ1n) is 10.5. The van der Waals surface area contributed by atoms with Gasteiger partial charge in [-0.25, -0.2) is 8.42 Å². The molecule has 2 aromatic carbocycles. The molecule has 9 nitrogen and oxygen atoms in total. The zero-order valence-electron chi connectivity index (χ0n) is 19.2. The molecule has 0 atom stereocenters. The second-order valence-electron chi connectivity index (χ2n) is 7.74. The Balaban J connectivity index is 1.63. The number of rotatable bonds is 10. The molecule has 0 aliphatic carbocycles. The third-order valence-corrected chi connectivity index (χ3v) is 6.15. The third kappa shape index (κ3) is 6.87. The van der Waals surface area contributed by atoms with Crippen LogP contribution in [0.2, 0.25) is 0 Å². The molecule has 1 amide bonds. The molecule has 0 saturated heterocycles. The largest absolute Gasteiger partial charge is 0.494 e. The normalized spacial score (nSPS) is 11.5. The standard InChI is InChI=1S/C23H28N4O5S/c1-5-31-20-12-10-19(11-13-20)23-24-21(32-25-23)15-26(3)22(28)16-27(33(4,29)30)14-18-8-6-17(2)7-9-18/h6-13H,5,14-16H2,1-4H3. The number of carbonyl (C=O) groups excluding carboxylic acids is 1. The van der Waals surface area contributed by atoms with Crippen LogP contribution in [-0.4, -0.2) is 60.1 Å². The highest BCUT2D eigenvalue weighted by molar-refractivity contribution is 7.88. The van der Waals surface area contributed by atoms with Gasteiger partial charge in [-0.3, -0.25) is 4.79 Å². The average molecular weight is 473 g/mol. The number of aryl methyl sites for hydroxylation is 1. The van der Waals surface area contributed by atoms with Gasteiger partial charge in [0.15, 0.2) is 0 Å². The van der Waals surface area contributed by atoms with E-state index in [9.17, 15) is 13.2 Å². The van der Waals surface area contributed by atoms with Crippen molar-refractivity contribution in [2.24, 2.45) is 0 Å². The van der Waals surface area contributed by atoms with E-state index < -0.39 is 10.0 Å². The minimum absolute atomic E-state index is 0.0605. The first-order chi connectivity index (χ1) is 15.7. The summed E-state index contributed by atoms with van der Waals surface area (Å²) >= 11 is 0. The molecular formula is C23H28N4O5S. The third-order valence-electron chi connectivity index (χ3n) is 4.95. The van der Waals surface area contributed by atoms with Crippen molar-refractivity contribution >= 4 is 15.9 Å². The van der Waals surface area contributed by atoms with Gasteiger partial charge in [0, 0.05) is 19.2 Å². The molecule has 1 aromatic heterocycles. The number of benzene rings is 2. The van der Waals surface area contributed by atoms with Crippen LogP contribution in [0.5, 0.6) is 5.75 Å². The first kappa shape index (κ1) is 24.4. The van der Waals surface area contributed by atoms with E-state index in [1.807, 2.05) is 62.4 Å². The number of aromatic nitrogens is 2. The number of ether oxygens (including phenoxy) is 1. The van der Waals surface area contributed by atoms with E-state index in [4.69, 9.17) is 9.26 Å². The fourth-order valence-corrected chi connectivity index (χ4v) is 3.78. The Kier molecular flexibility index (Phi) is 7.83. The average Bonchev–Trinajstić information content (AvgIpc) is 3.23. The molecule has 3 aromatic rings. The molecule has 0 radical (unpaired) electrons. The van der Waals surface area contributed by atoms with Crippen molar-refractivity contribution in [2.75, 3.05) is 26.5 Å². The highest BCUT2D eigenvalue weighted by atomic mass is 32.2. The lowest BCUT2D eigenvalue weighted by atomic mass is 10.1. The van der Waals surface area contributed by atoms with Crippen molar-refractivity contribution in [1.82, 2.24) is 19.3 Å². The van der Waals surface area contributed by atoms with Gasteiger partial charge in [0.25, 0.3) is 0 Å². The van der Waals surface area contributed by atoms with Crippen molar-refractivity contribution in [1.29, 1.82) is 0 Å². The van der Waals surface area contributed by atoms with Crippen LogP contribution in [0.25, 0.3) is 11.4 Å². The Morgan fingerprint density at radius 2 is 1.73 bits per heavy atom. The highest BCUT2D eigenvalue weighted by Gasteiger charge is 2.23. The van der Waals surface area contributed by atoms with Crippen LogP contribution < -0.4 is 4.74 Å². The topological polar surface area (TPSA) is 106 Å². The van der Waals surface area contributed by atoms with Gasteiger partial charge in [0.05, 0.1) is 26.0 Å². The minimum Gasteiger partial charge on any atom is -0.494 e. The second kappa shape index (κ2) is 10.6. The van der Waals surface area contributed by atoms with Crippen LogP contribution in [0.15, 0.2) is 53.1 Å². The van der Waals surface area contributed by atoms with Gasteiger partial charge in [0.2, 0.25) is 27.6 Å². The number of carbonyl (C=O) groups is 1. The van der Waals surface area contributed by atoms with Crippen molar-refractivity contribution in [3.8, 4) is 17.1 Å². The maximum Gasteiger partial charge on any atom is 0.246 e. The predicted molar refractivity (Wildman–Crippen MR) is 124 cm³/mol. The zero-order chi connectivity index (χ0) is 24.0. The van der Waals surface area contributed by atoms with Crippen LogP contribution in [0.1, 0.15) is 23.9 Å². The van der Waals surface area contributed by atoms with Crippen molar-refractivity contribution < 1.29 is 22.5 Å². The zero-order valence-corrected chi connectivity index (χ0v) is 20.0. The molecule has 10 heteroatoms. The summed E-state index contributed by atoms with van der Waals surface area (Å²) in [6.07, 6.45) is 1.09. The summed E-state index contributed by atoms with van der Waals surface area (Å²) in [5.74, 6) is 1.01. The summed E-state index contributed by atoms with van der Waals surface area (Å²) in [6.45, 7) is 4.33. The number of likely N-dealkylation sites (N-methyl/N-ethyl adjacent to an activating group) is 1. The number of amides is 1. The van der Waals surface area contributed by atoms with E-state index in [1.165, 1.54) is 4.90 Å². The lowest BCUT2D eigenvalue weighted by Gasteiger charge is -2.23. The van der Waals surface area contributed by atoms with Gasteiger partial charge in [-0.05, 0) is 43.7 Å². The lowest BCUT2D eigenvalue weighted by molar-refractivity contribution is -0.131. The summed E-state index contributed by atoms with van der Waals surface area (Å²) in [5, 5.41) is 3.97. The maximum absolute atomic E-state index is 12.7. The van der Waals surface area contributed by atoms with Crippen molar-refractivity contribution in [3.05, 3.63) is 65.5 Å². The van der Waals surface area contributed by atoms with Gasteiger partial charge >= 0.3 is 0 Å². The number of nitrogens with zero attached hydrogens (tertiary/aromatic N) is 4. The van der Waals surface area contributed by atoms with Gasteiger partial charge in [-0.1, -0.05) is 35.0 Å². The Bertz CT molecular complexity index is 1170.